The van der Waals surface area contributed by atoms with E-state index >= 15 is 0 Å². The largest absolute Gasteiger partial charge is 0.481 e. The molecule has 2 unspecified atom stereocenters. The Morgan fingerprint density at radius 2 is 2.06 bits per heavy atom. The van der Waals surface area contributed by atoms with E-state index in [1.54, 1.807) is 0 Å². The van der Waals surface area contributed by atoms with Crippen molar-refractivity contribution < 1.29 is 9.90 Å². The van der Waals surface area contributed by atoms with Gasteiger partial charge in [-0.3, -0.25) is 4.79 Å². The van der Waals surface area contributed by atoms with E-state index in [1.807, 2.05) is 31.2 Å². The molecule has 16 heavy (non-hydrogen) atoms. The molecule has 0 aromatic heterocycles. The van der Waals surface area contributed by atoms with Crippen LogP contribution in [0, 0.1) is 12.8 Å². The number of rotatable bonds is 2. The molecule has 1 aliphatic rings. The van der Waals surface area contributed by atoms with Gasteiger partial charge in [-0.25, -0.2) is 0 Å². The first-order chi connectivity index (χ1) is 7.68. The molecule has 3 heteroatoms. The number of hydrogen-bond donors (Lipinski definition) is 2. The number of carboxylic acid groups (broad SMARTS) is 1. The van der Waals surface area contributed by atoms with Crippen LogP contribution in [0.4, 0.5) is 0 Å². The first kappa shape index (κ1) is 11.1. The summed E-state index contributed by atoms with van der Waals surface area (Å²) in [5, 5.41) is 12.5. The molecule has 2 atom stereocenters. The molecule has 1 saturated heterocycles. The SMILES string of the molecule is Cc1ccc(C2CNCCC2C(=O)O)cc1. The van der Waals surface area contributed by atoms with Gasteiger partial charge in [0.15, 0.2) is 0 Å². The van der Waals surface area contributed by atoms with E-state index in [-0.39, 0.29) is 11.8 Å². The van der Waals surface area contributed by atoms with Gasteiger partial charge < -0.3 is 10.4 Å². The lowest BCUT2D eigenvalue weighted by Gasteiger charge is -2.29. The summed E-state index contributed by atoms with van der Waals surface area (Å²) in [4.78, 5) is 11.2. The van der Waals surface area contributed by atoms with Gasteiger partial charge in [-0.1, -0.05) is 29.8 Å². The molecule has 2 rings (SSSR count). The number of carboxylic acids is 1. The van der Waals surface area contributed by atoms with Gasteiger partial charge in [-0.05, 0) is 25.5 Å². The minimum absolute atomic E-state index is 0.104. The predicted octanol–water partition coefficient (Wildman–Crippen LogP) is 1.77. The summed E-state index contributed by atoms with van der Waals surface area (Å²) >= 11 is 0. The molecule has 0 aliphatic carbocycles. The van der Waals surface area contributed by atoms with Crippen molar-refractivity contribution in [1.29, 1.82) is 0 Å². The minimum atomic E-state index is -0.674. The van der Waals surface area contributed by atoms with E-state index in [1.165, 1.54) is 5.56 Å². The van der Waals surface area contributed by atoms with Crippen LogP contribution in [0.2, 0.25) is 0 Å². The molecule has 0 saturated carbocycles. The minimum Gasteiger partial charge on any atom is -0.481 e. The Kier molecular flexibility index (Phi) is 3.25. The molecule has 3 nitrogen and oxygen atoms in total. The van der Waals surface area contributed by atoms with Crippen molar-refractivity contribution in [2.45, 2.75) is 19.3 Å². The molecule has 1 aromatic rings. The number of hydrogen-bond acceptors (Lipinski definition) is 2. The van der Waals surface area contributed by atoms with Crippen LogP contribution in [0.25, 0.3) is 0 Å². The van der Waals surface area contributed by atoms with E-state index in [0.717, 1.165) is 18.7 Å². The number of nitrogens with one attached hydrogen (secondary N) is 1. The van der Waals surface area contributed by atoms with Crippen LogP contribution in [0.5, 0.6) is 0 Å². The summed E-state index contributed by atoms with van der Waals surface area (Å²) in [6.07, 6.45) is 0.716. The van der Waals surface area contributed by atoms with E-state index < -0.39 is 5.97 Å². The van der Waals surface area contributed by atoms with Gasteiger partial charge in [0, 0.05) is 12.5 Å². The molecule has 1 aromatic carbocycles. The summed E-state index contributed by atoms with van der Waals surface area (Å²) in [6, 6.07) is 8.18. The van der Waals surface area contributed by atoms with Crippen LogP contribution in [0.15, 0.2) is 24.3 Å². The highest BCUT2D eigenvalue weighted by Gasteiger charge is 2.31. The fourth-order valence-corrected chi connectivity index (χ4v) is 2.32. The second-order valence-electron chi connectivity index (χ2n) is 4.45. The van der Waals surface area contributed by atoms with E-state index in [2.05, 4.69) is 5.32 Å². The van der Waals surface area contributed by atoms with Crippen LogP contribution in [0.1, 0.15) is 23.5 Å². The summed E-state index contributed by atoms with van der Waals surface area (Å²) in [5.41, 5.74) is 2.34. The molecular weight excluding hydrogens is 202 g/mol. The number of carbonyl (C=O) groups is 1. The van der Waals surface area contributed by atoms with E-state index in [4.69, 9.17) is 0 Å². The molecule has 0 radical (unpaired) electrons. The normalized spacial score (nSPS) is 25.3. The van der Waals surface area contributed by atoms with Gasteiger partial charge in [0.25, 0.3) is 0 Å². The fraction of sp³-hybridized carbons (Fsp3) is 0.462. The molecule has 0 spiro atoms. The molecule has 0 bridgehead atoms. The smallest absolute Gasteiger partial charge is 0.307 e. The van der Waals surface area contributed by atoms with Gasteiger partial charge in [0.2, 0.25) is 0 Å². The van der Waals surface area contributed by atoms with Gasteiger partial charge in [0.05, 0.1) is 5.92 Å². The zero-order chi connectivity index (χ0) is 11.5. The summed E-state index contributed by atoms with van der Waals surface area (Å²) < 4.78 is 0. The third-order valence-electron chi connectivity index (χ3n) is 3.30. The maximum atomic E-state index is 11.2. The topological polar surface area (TPSA) is 49.3 Å². The second kappa shape index (κ2) is 4.66. The number of benzene rings is 1. The van der Waals surface area contributed by atoms with Crippen LogP contribution in [0.3, 0.4) is 0 Å². The number of aliphatic carboxylic acids is 1. The Morgan fingerprint density at radius 3 is 2.69 bits per heavy atom. The highest BCUT2D eigenvalue weighted by Crippen LogP contribution is 2.29. The van der Waals surface area contributed by atoms with Crippen molar-refractivity contribution in [2.24, 2.45) is 5.92 Å². The third-order valence-corrected chi connectivity index (χ3v) is 3.30. The molecule has 1 heterocycles. The Balaban J connectivity index is 2.23. The Hall–Kier alpha value is -1.35. The monoisotopic (exact) mass is 219 g/mol. The lowest BCUT2D eigenvalue weighted by atomic mass is 9.81. The molecule has 1 fully saturated rings. The van der Waals surface area contributed by atoms with Crippen LogP contribution in [-0.4, -0.2) is 24.2 Å². The highest BCUT2D eigenvalue weighted by atomic mass is 16.4. The first-order valence-electron chi connectivity index (χ1n) is 5.68. The third kappa shape index (κ3) is 2.25. The van der Waals surface area contributed by atoms with Crippen molar-refractivity contribution >= 4 is 5.97 Å². The summed E-state index contributed by atoms with van der Waals surface area (Å²) in [5.74, 6) is -0.817. The average Bonchev–Trinajstić information content (AvgIpc) is 2.30. The molecule has 1 aliphatic heterocycles. The van der Waals surface area contributed by atoms with Gasteiger partial charge in [-0.2, -0.15) is 0 Å². The Labute approximate surface area is 95.5 Å². The maximum Gasteiger partial charge on any atom is 0.307 e. The average molecular weight is 219 g/mol. The quantitative estimate of drug-likeness (QED) is 0.797. The lowest BCUT2D eigenvalue weighted by Crippen LogP contribution is -2.38. The molecular formula is C13H17NO2. The zero-order valence-corrected chi connectivity index (χ0v) is 9.44. The van der Waals surface area contributed by atoms with Crippen molar-refractivity contribution in [3.63, 3.8) is 0 Å². The molecule has 2 N–H and O–H groups in total. The van der Waals surface area contributed by atoms with Crippen molar-refractivity contribution in [3.05, 3.63) is 35.4 Å². The van der Waals surface area contributed by atoms with Crippen molar-refractivity contribution in [1.82, 2.24) is 5.32 Å². The zero-order valence-electron chi connectivity index (χ0n) is 9.44. The van der Waals surface area contributed by atoms with Crippen LogP contribution < -0.4 is 5.32 Å². The van der Waals surface area contributed by atoms with Crippen LogP contribution >= 0.6 is 0 Å². The van der Waals surface area contributed by atoms with E-state index in [0.29, 0.717) is 6.42 Å². The number of aryl methyl sites for hydroxylation is 1. The maximum absolute atomic E-state index is 11.2. The molecule has 86 valence electrons. The second-order valence-corrected chi connectivity index (χ2v) is 4.45. The molecule has 0 amide bonds. The van der Waals surface area contributed by atoms with E-state index in [9.17, 15) is 9.90 Å². The summed E-state index contributed by atoms with van der Waals surface area (Å²) in [6.45, 7) is 3.61. The van der Waals surface area contributed by atoms with Crippen molar-refractivity contribution in [3.8, 4) is 0 Å². The Morgan fingerprint density at radius 1 is 1.38 bits per heavy atom. The Bertz CT molecular complexity index is 372. The number of piperidine rings is 1. The van der Waals surface area contributed by atoms with Crippen LogP contribution in [-0.2, 0) is 4.79 Å². The standard InChI is InChI=1S/C13H17NO2/c1-9-2-4-10(5-3-9)12-8-14-7-6-11(12)13(15)16/h2-5,11-12,14H,6-8H2,1H3,(H,15,16). The highest BCUT2D eigenvalue weighted by molar-refractivity contribution is 5.71. The van der Waals surface area contributed by atoms with Gasteiger partial charge >= 0.3 is 5.97 Å². The fourth-order valence-electron chi connectivity index (χ4n) is 2.32. The van der Waals surface area contributed by atoms with Gasteiger partial charge in [-0.15, -0.1) is 0 Å². The first-order valence-corrected chi connectivity index (χ1v) is 5.68. The lowest BCUT2D eigenvalue weighted by molar-refractivity contribution is -0.143. The predicted molar refractivity (Wildman–Crippen MR) is 62.5 cm³/mol. The van der Waals surface area contributed by atoms with Gasteiger partial charge in [0.1, 0.15) is 0 Å². The van der Waals surface area contributed by atoms with Crippen molar-refractivity contribution in [2.75, 3.05) is 13.1 Å². The summed E-state index contributed by atoms with van der Waals surface area (Å²) in [7, 11) is 0.